The van der Waals surface area contributed by atoms with Gasteiger partial charge in [0.15, 0.2) is 5.03 Å². The van der Waals surface area contributed by atoms with Crippen LogP contribution >= 0.6 is 23.2 Å². The zero-order chi connectivity index (χ0) is 41.6. The number of imidazole rings is 1. The minimum absolute atomic E-state index is 0.0653. The van der Waals surface area contributed by atoms with E-state index in [-0.39, 0.29) is 32.6 Å². The van der Waals surface area contributed by atoms with Crippen molar-refractivity contribution in [1.82, 2.24) is 38.6 Å². The lowest BCUT2D eigenvalue weighted by atomic mass is 9.76. The van der Waals surface area contributed by atoms with Crippen molar-refractivity contribution in [2.24, 2.45) is 36.8 Å². The normalized spacial score (nSPS) is 19.0. The quantitative estimate of drug-likeness (QED) is 0.174. The number of benzene rings is 2. The van der Waals surface area contributed by atoms with Crippen molar-refractivity contribution in [2.45, 2.75) is 62.3 Å². The monoisotopic (exact) mass is 872 g/mol. The van der Waals surface area contributed by atoms with Gasteiger partial charge in [0.05, 0.1) is 33.7 Å². The van der Waals surface area contributed by atoms with Crippen LogP contribution in [0.5, 0.6) is 0 Å². The predicted octanol–water partition coefficient (Wildman–Crippen LogP) is 5.21. The smallest absolute Gasteiger partial charge is 0.262 e. The second-order valence-corrected chi connectivity index (χ2v) is 21.5. The Balaban J connectivity index is 0.000000177. The van der Waals surface area contributed by atoms with Gasteiger partial charge in [-0.2, -0.15) is 13.7 Å². The Labute approximate surface area is 350 Å². The SMILES string of the molecule is Cc1ccc(C(=O)NCC2(CC3CC3)CN(S(=O)(=O)c3cn(C)cn3)C2)c(Cl)c1.Cc1ccc(C(=O)NCC2(CC3CC3)CN(S(=O)(=O)c3cnn(C)c3)C2)c(Cl)c1. The van der Waals surface area contributed by atoms with E-state index >= 15 is 0 Å². The number of amides is 2. The average Bonchev–Trinajstić information content (AvgIpc) is 4.04. The van der Waals surface area contributed by atoms with E-state index in [1.165, 1.54) is 63.9 Å². The summed E-state index contributed by atoms with van der Waals surface area (Å²) < 4.78 is 57.3. The highest BCUT2D eigenvalue weighted by molar-refractivity contribution is 7.89. The van der Waals surface area contributed by atoms with Crippen molar-refractivity contribution in [3.63, 3.8) is 0 Å². The first kappa shape index (κ1) is 42.3. The number of nitrogens with one attached hydrogen (secondary N) is 2. The van der Waals surface area contributed by atoms with E-state index in [4.69, 9.17) is 23.2 Å². The molecule has 14 nitrogen and oxygen atoms in total. The molecule has 312 valence electrons. The van der Waals surface area contributed by atoms with Gasteiger partial charge in [-0.05, 0) is 73.9 Å². The highest BCUT2D eigenvalue weighted by Crippen LogP contribution is 2.47. The zero-order valence-corrected chi connectivity index (χ0v) is 36.3. The number of hydrogen-bond donors (Lipinski definition) is 2. The van der Waals surface area contributed by atoms with Gasteiger partial charge in [-0.3, -0.25) is 14.3 Å². The van der Waals surface area contributed by atoms with E-state index < -0.39 is 20.0 Å². The lowest BCUT2D eigenvalue weighted by Gasteiger charge is -2.49. The van der Waals surface area contributed by atoms with Crippen LogP contribution in [0.15, 0.2) is 71.2 Å². The number of carbonyl (C=O) groups excluding carboxylic acids is 2. The van der Waals surface area contributed by atoms with Crippen molar-refractivity contribution in [3.05, 3.63) is 93.6 Å². The Morgan fingerprint density at radius 1 is 0.741 bits per heavy atom. The fourth-order valence-corrected chi connectivity index (χ4v) is 11.8. The van der Waals surface area contributed by atoms with Crippen LogP contribution in [0.1, 0.15) is 70.4 Å². The maximum atomic E-state index is 12.8. The third-order valence-corrected chi connectivity index (χ3v) is 15.5. The summed E-state index contributed by atoms with van der Waals surface area (Å²) in [5.41, 5.74) is 2.39. The van der Waals surface area contributed by atoms with Crippen molar-refractivity contribution < 1.29 is 26.4 Å². The molecule has 4 heterocycles. The molecule has 4 aliphatic rings. The third-order valence-electron chi connectivity index (χ3n) is 11.5. The molecule has 2 saturated carbocycles. The largest absolute Gasteiger partial charge is 0.351 e. The van der Waals surface area contributed by atoms with Crippen LogP contribution in [0.3, 0.4) is 0 Å². The summed E-state index contributed by atoms with van der Waals surface area (Å²) in [4.78, 5) is 29.5. The van der Waals surface area contributed by atoms with E-state index in [0.717, 1.165) is 24.0 Å². The number of aromatic nitrogens is 4. The molecule has 2 N–H and O–H groups in total. The van der Waals surface area contributed by atoms with Crippen LogP contribution in [0, 0.1) is 36.5 Å². The van der Waals surface area contributed by atoms with Gasteiger partial charge in [0, 0.05) is 76.6 Å². The molecule has 0 spiro atoms. The Kier molecular flexibility index (Phi) is 11.9. The standard InChI is InChI=1S/2C20H25ClN4O3S/c1-14-3-6-17(18(21)7-14)19(26)22-11-20(8-15-4-5-15)12-25(13-20)29(27,28)16-9-23-24(2)10-16;1-14-3-6-16(17(21)7-14)19(26)22-10-20(8-15-4-5-15)11-25(12-20)29(27,28)18-9-24(2)13-23-18/h3,6-7,9-10,15H,4-5,8,11-13H2,1-2H3,(H,22,26);3,6-7,9,13,15H,4-5,8,10-12H2,1-2H3,(H,22,26). The van der Waals surface area contributed by atoms with Gasteiger partial charge in [-0.15, -0.1) is 0 Å². The minimum Gasteiger partial charge on any atom is -0.351 e. The first-order chi connectivity index (χ1) is 27.4. The first-order valence-electron chi connectivity index (χ1n) is 19.4. The second kappa shape index (κ2) is 16.3. The van der Waals surface area contributed by atoms with E-state index in [0.29, 0.717) is 72.3 Å². The van der Waals surface area contributed by atoms with E-state index in [1.54, 1.807) is 42.9 Å². The summed E-state index contributed by atoms with van der Waals surface area (Å²) in [5, 5.41) is 10.9. The summed E-state index contributed by atoms with van der Waals surface area (Å²) in [7, 11) is -3.72. The van der Waals surface area contributed by atoms with Crippen molar-refractivity contribution in [2.75, 3.05) is 39.3 Å². The number of nitrogens with zero attached hydrogens (tertiary/aromatic N) is 6. The Hall–Kier alpha value is -3.80. The average molecular weight is 874 g/mol. The molecule has 0 atom stereocenters. The molecule has 0 bridgehead atoms. The van der Waals surface area contributed by atoms with Gasteiger partial charge in [-0.25, -0.2) is 21.8 Å². The summed E-state index contributed by atoms with van der Waals surface area (Å²) in [6.07, 6.45) is 12.4. The topological polar surface area (TPSA) is 169 Å². The fraction of sp³-hybridized carbons (Fsp3) is 0.500. The van der Waals surface area contributed by atoms with E-state index in [9.17, 15) is 26.4 Å². The molecule has 2 aromatic heterocycles. The molecule has 0 unspecified atom stereocenters. The molecular weight excluding hydrogens is 824 g/mol. The minimum atomic E-state index is -3.60. The van der Waals surface area contributed by atoms with Crippen molar-refractivity contribution in [3.8, 4) is 0 Å². The molecule has 18 heteroatoms. The maximum Gasteiger partial charge on any atom is 0.262 e. The molecular formula is C40H50Cl2N8O6S2. The first-order valence-corrected chi connectivity index (χ1v) is 23.1. The van der Waals surface area contributed by atoms with Gasteiger partial charge in [0.25, 0.3) is 21.8 Å². The Morgan fingerprint density at radius 3 is 1.59 bits per heavy atom. The lowest BCUT2D eigenvalue weighted by molar-refractivity contribution is 0.0504. The van der Waals surface area contributed by atoms with Crippen molar-refractivity contribution >= 4 is 55.1 Å². The van der Waals surface area contributed by atoms with Gasteiger partial charge in [0.1, 0.15) is 4.90 Å². The van der Waals surface area contributed by atoms with Crippen LogP contribution < -0.4 is 10.6 Å². The zero-order valence-electron chi connectivity index (χ0n) is 33.1. The van der Waals surface area contributed by atoms with E-state index in [1.807, 2.05) is 26.0 Å². The molecule has 4 aromatic rings. The Bertz CT molecular complexity index is 2250. The van der Waals surface area contributed by atoms with Crippen LogP contribution in [0.25, 0.3) is 0 Å². The number of rotatable bonds is 14. The number of halogens is 2. The molecule has 58 heavy (non-hydrogen) atoms. The molecule has 4 fully saturated rings. The Morgan fingerprint density at radius 2 is 1.21 bits per heavy atom. The van der Waals surface area contributed by atoms with Crippen LogP contribution in [-0.4, -0.2) is 95.9 Å². The van der Waals surface area contributed by atoms with Crippen LogP contribution in [0.2, 0.25) is 10.0 Å². The molecule has 2 aromatic carbocycles. The lowest BCUT2D eigenvalue weighted by Crippen LogP contribution is -2.62. The summed E-state index contributed by atoms with van der Waals surface area (Å²) in [6.45, 7) is 6.30. The summed E-state index contributed by atoms with van der Waals surface area (Å²) >= 11 is 12.4. The fourth-order valence-electron chi connectivity index (χ4n) is 7.91. The van der Waals surface area contributed by atoms with Gasteiger partial charge in [-0.1, -0.05) is 61.0 Å². The van der Waals surface area contributed by atoms with Gasteiger partial charge < -0.3 is 15.2 Å². The van der Waals surface area contributed by atoms with Crippen LogP contribution in [-0.2, 0) is 34.1 Å². The van der Waals surface area contributed by atoms with Crippen LogP contribution in [0.4, 0.5) is 0 Å². The third kappa shape index (κ3) is 9.47. The van der Waals surface area contributed by atoms with Gasteiger partial charge in [0.2, 0.25) is 10.0 Å². The predicted molar refractivity (Wildman–Crippen MR) is 221 cm³/mol. The highest BCUT2D eigenvalue weighted by atomic mass is 35.5. The van der Waals surface area contributed by atoms with Crippen molar-refractivity contribution in [1.29, 1.82) is 0 Å². The molecule has 2 saturated heterocycles. The number of carbonyl (C=O) groups is 2. The molecule has 2 amide bonds. The maximum absolute atomic E-state index is 12.8. The molecule has 0 radical (unpaired) electrons. The highest BCUT2D eigenvalue weighted by Gasteiger charge is 2.52. The molecule has 2 aliphatic carbocycles. The number of aryl methyl sites for hydroxylation is 4. The number of hydrogen-bond acceptors (Lipinski definition) is 8. The summed E-state index contributed by atoms with van der Waals surface area (Å²) in [6, 6.07) is 10.7. The molecule has 8 rings (SSSR count). The second-order valence-electron chi connectivity index (χ2n) is 16.9. The van der Waals surface area contributed by atoms with Gasteiger partial charge >= 0.3 is 0 Å². The number of sulfonamides is 2. The van der Waals surface area contributed by atoms with E-state index in [2.05, 4.69) is 20.7 Å². The molecule has 2 aliphatic heterocycles. The summed E-state index contributed by atoms with van der Waals surface area (Å²) in [5.74, 6) is 0.794.